The zero-order chi connectivity index (χ0) is 79.9. The predicted molar refractivity (Wildman–Crippen MR) is 386 cm³/mol. The predicted octanol–water partition coefficient (Wildman–Crippen LogP) is -3.31. The van der Waals surface area contributed by atoms with E-state index >= 15 is 0 Å². The molecule has 0 fully saturated rings. The number of rotatable bonds is 51. The van der Waals surface area contributed by atoms with E-state index in [0.717, 1.165) is 13.8 Å². The molecule has 0 spiro atoms. The van der Waals surface area contributed by atoms with Crippen molar-refractivity contribution in [3.63, 3.8) is 0 Å². The molecule has 0 aliphatic carbocycles. The Morgan fingerprint density at radius 1 is 0.368 bits per heavy atom. The number of carbonyl (C=O) groups excluding carboxylic acids is 13. The van der Waals surface area contributed by atoms with Crippen LogP contribution in [0.25, 0.3) is 0 Å². The number of nitrogens with one attached hydrogen (secondary N) is 12. The third-order valence-electron chi connectivity index (χ3n) is 16.4. The number of amides is 13. The molecule has 0 saturated carbocycles. The van der Waals surface area contributed by atoms with E-state index in [1.807, 2.05) is 0 Å². The van der Waals surface area contributed by atoms with Gasteiger partial charge in [0.25, 0.3) is 0 Å². The summed E-state index contributed by atoms with van der Waals surface area (Å²) in [7, 11) is 0. The van der Waals surface area contributed by atoms with Gasteiger partial charge in [0.2, 0.25) is 76.8 Å². The molecule has 2 aromatic carbocycles. The number of primary amides is 1. The van der Waals surface area contributed by atoms with Gasteiger partial charge in [-0.2, -0.15) is 0 Å². The molecule has 0 saturated heterocycles. The first-order valence-electron chi connectivity index (χ1n) is 35.5. The molecule has 106 heavy (non-hydrogen) atoms. The summed E-state index contributed by atoms with van der Waals surface area (Å²) >= 11 is 0. The van der Waals surface area contributed by atoms with E-state index in [4.69, 9.17) is 22.9 Å². The van der Waals surface area contributed by atoms with Gasteiger partial charge in [0, 0.05) is 19.8 Å². The van der Waals surface area contributed by atoms with Crippen LogP contribution in [0.2, 0.25) is 0 Å². The Morgan fingerprint density at radius 2 is 0.660 bits per heavy atom. The van der Waals surface area contributed by atoms with Gasteiger partial charge < -0.3 is 112 Å². The number of carboxylic acids is 2. The van der Waals surface area contributed by atoms with Crippen molar-refractivity contribution in [2.45, 2.75) is 231 Å². The van der Waals surface area contributed by atoms with Gasteiger partial charge in [-0.3, -0.25) is 71.9 Å². The van der Waals surface area contributed by atoms with Crippen LogP contribution in [0.3, 0.4) is 0 Å². The summed E-state index contributed by atoms with van der Waals surface area (Å²) in [6, 6.07) is -6.32. The van der Waals surface area contributed by atoms with Gasteiger partial charge in [0.1, 0.15) is 78.0 Å². The lowest BCUT2D eigenvalue weighted by molar-refractivity contribution is -0.142. The minimum atomic E-state index is -2.03. The second kappa shape index (κ2) is 48.1. The van der Waals surface area contributed by atoms with E-state index in [1.165, 1.54) is 48.5 Å². The molecule has 36 heteroatoms. The molecule has 36 nitrogen and oxygen atoms in total. The molecule has 0 unspecified atom stereocenters. The number of hydrogen-bond acceptors (Lipinski definition) is 21. The summed E-state index contributed by atoms with van der Waals surface area (Å²) in [5, 5.41) is 80.5. The van der Waals surface area contributed by atoms with Gasteiger partial charge in [-0.05, 0) is 157 Å². The van der Waals surface area contributed by atoms with Crippen LogP contribution in [0.1, 0.15) is 156 Å². The molecule has 2 aromatic rings. The molecule has 0 aliphatic heterocycles. The SMILES string of the molecule is CC(=O)N[C@@H](CCCCN)C(=O)N[C@@H](CC(=O)O)C(=O)N[C@@H](CC(C)C)C(=O)N[C@@H](CC(=O)O)C(=O)N[C@@H](Cc1ccc(O)cc1)C(=O)N[C@@H](Cc1ccc(O)cc1)C(=O)NCC(=O)N[C@H](C(=O)N[C@@H](CC(C)C)C(=O)N[C@@H](CC(C)C)C(=O)N[C@@H](CCCCN)C(=O)N[C@@H](CCCCN)C(N)=O)[C@@H](C)O. The molecule has 25 N–H and O–H groups in total. The molecule has 12 atom stereocenters. The highest BCUT2D eigenvalue weighted by Gasteiger charge is 2.38. The van der Waals surface area contributed by atoms with Gasteiger partial charge in [-0.1, -0.05) is 65.8 Å². The number of carboxylic acid groups (broad SMARTS) is 2. The Kier molecular flexibility index (Phi) is 41.8. The first kappa shape index (κ1) is 92.0. The van der Waals surface area contributed by atoms with Crippen LogP contribution in [0.5, 0.6) is 11.5 Å². The zero-order valence-corrected chi connectivity index (χ0v) is 61.6. The van der Waals surface area contributed by atoms with Crippen LogP contribution < -0.4 is 86.7 Å². The molecule has 13 amide bonds. The molecule has 0 aromatic heterocycles. The van der Waals surface area contributed by atoms with E-state index in [1.54, 1.807) is 41.5 Å². The standard InChI is InChI=1S/C70H112N16O20/c1-37(2)29-49(64(100)78-48(17-11-14-28-73)63(99)77-46(60(74)96)15-9-12-26-71)79-66(102)51(31-39(5)6)85-70(106)59(40(7)87)86-56(91)36-75-61(97)52(32-42-18-22-44(89)23-19-42)81-67(103)53(33-43-20-24-45(90)25-21-43)82-69(105)55(35-58(94)95)84-65(101)50(30-38(3)4)80-68(104)54(34-57(92)93)83-62(98)47(76-41(8)88)16-10-13-27-72/h18-25,37-40,46-55,59,87,89-90H,9-17,26-36,71-73H2,1-8H3,(H2,74,96)(H,75,97)(H,76,88)(H,77,99)(H,78,100)(H,79,102)(H,80,104)(H,81,103)(H,82,105)(H,83,98)(H,84,101)(H,85,106)(H,86,91)(H,92,93)(H,94,95)/t40-,46+,47+,48+,49+,50+,51+,52+,53+,54+,55+,59+/m1/s1. The van der Waals surface area contributed by atoms with Crippen molar-refractivity contribution >= 4 is 88.7 Å². The molecule has 0 aliphatic rings. The normalized spacial score (nSPS) is 14.6. The fourth-order valence-electron chi connectivity index (χ4n) is 10.9. The van der Waals surface area contributed by atoms with Crippen LogP contribution in [-0.2, 0) is 84.8 Å². The summed E-state index contributed by atoms with van der Waals surface area (Å²) in [5.41, 5.74) is 23.1. The Morgan fingerprint density at radius 3 is 1.00 bits per heavy atom. The number of hydrogen-bond donors (Lipinski definition) is 21. The Balaban J connectivity index is 2.51. The highest BCUT2D eigenvalue weighted by molar-refractivity contribution is 6.00. The number of aliphatic carboxylic acids is 2. The quantitative estimate of drug-likeness (QED) is 0.0288. The molecule has 592 valence electrons. The van der Waals surface area contributed by atoms with E-state index in [2.05, 4.69) is 63.8 Å². The first-order valence-corrected chi connectivity index (χ1v) is 35.5. The van der Waals surface area contributed by atoms with Gasteiger partial charge >= 0.3 is 11.9 Å². The molecule has 0 heterocycles. The average Bonchev–Trinajstić information content (AvgIpc) is 0.846. The van der Waals surface area contributed by atoms with Gasteiger partial charge in [0.05, 0.1) is 25.5 Å². The summed E-state index contributed by atoms with van der Waals surface area (Å²) in [4.78, 5) is 204. The fraction of sp³-hybridized carbons (Fsp3) is 0.614. The van der Waals surface area contributed by atoms with Crippen molar-refractivity contribution < 1.29 is 97.5 Å². The number of benzene rings is 2. The lowest BCUT2D eigenvalue weighted by Gasteiger charge is -2.29. The maximum atomic E-state index is 14.7. The lowest BCUT2D eigenvalue weighted by Crippen LogP contribution is -2.61. The number of aliphatic hydroxyl groups is 1. The fourth-order valence-corrected chi connectivity index (χ4v) is 10.9. The van der Waals surface area contributed by atoms with Crippen molar-refractivity contribution in [3.05, 3.63) is 59.7 Å². The maximum absolute atomic E-state index is 14.7. The number of unbranched alkanes of at least 4 members (excludes halogenated alkanes) is 3. The second-order valence-electron chi connectivity index (χ2n) is 27.4. The van der Waals surface area contributed by atoms with E-state index in [0.29, 0.717) is 50.6 Å². The largest absolute Gasteiger partial charge is 0.508 e. The number of nitrogens with two attached hydrogens (primary N) is 4. The molecule has 2 rings (SSSR count). The first-order chi connectivity index (χ1) is 49.9. The number of carbonyl (C=O) groups is 15. The molecular weight excluding hydrogens is 1380 g/mol. The Bertz CT molecular complexity index is 3250. The highest BCUT2D eigenvalue weighted by atomic mass is 16.4. The number of aromatic hydroxyl groups is 2. The molecular formula is C70H112N16O20. The highest BCUT2D eigenvalue weighted by Crippen LogP contribution is 2.17. The van der Waals surface area contributed by atoms with Crippen LogP contribution in [0, 0.1) is 17.8 Å². The van der Waals surface area contributed by atoms with Crippen molar-refractivity contribution in [1.29, 1.82) is 0 Å². The summed E-state index contributed by atoms with van der Waals surface area (Å²) < 4.78 is 0. The zero-order valence-electron chi connectivity index (χ0n) is 61.6. The smallest absolute Gasteiger partial charge is 0.305 e. The van der Waals surface area contributed by atoms with Gasteiger partial charge in [0.15, 0.2) is 0 Å². The van der Waals surface area contributed by atoms with Crippen molar-refractivity contribution in [2.75, 3.05) is 26.2 Å². The number of phenols is 2. The van der Waals surface area contributed by atoms with E-state index in [-0.39, 0.29) is 86.9 Å². The summed E-state index contributed by atoms with van der Waals surface area (Å²) in [6.07, 6.45) is -1.70. The number of aliphatic hydroxyl groups excluding tert-OH is 1. The van der Waals surface area contributed by atoms with Crippen LogP contribution in [0.15, 0.2) is 48.5 Å². The summed E-state index contributed by atoms with van der Waals surface area (Å²) in [5.74, 6) is -17.2. The summed E-state index contributed by atoms with van der Waals surface area (Å²) in [6.45, 7) is 12.5. The number of phenolic OH excluding ortho intramolecular Hbond substituents is 2. The van der Waals surface area contributed by atoms with Crippen LogP contribution in [-0.4, -0.2) is 213 Å². The van der Waals surface area contributed by atoms with Crippen LogP contribution in [0.4, 0.5) is 0 Å². The lowest BCUT2D eigenvalue weighted by atomic mass is 9.99. The third-order valence-corrected chi connectivity index (χ3v) is 16.4. The van der Waals surface area contributed by atoms with E-state index in [9.17, 15) is 97.5 Å². The van der Waals surface area contributed by atoms with Crippen molar-refractivity contribution in [2.24, 2.45) is 40.7 Å². The average molecular weight is 1500 g/mol. The minimum Gasteiger partial charge on any atom is -0.508 e. The van der Waals surface area contributed by atoms with Gasteiger partial charge in [-0.15, -0.1) is 0 Å². The van der Waals surface area contributed by atoms with Gasteiger partial charge in [-0.25, -0.2) is 0 Å². The Labute approximate surface area is 616 Å². The van der Waals surface area contributed by atoms with E-state index < -0.39 is 193 Å². The Hall–Kier alpha value is -10.1. The van der Waals surface area contributed by atoms with Crippen LogP contribution >= 0.6 is 0 Å². The van der Waals surface area contributed by atoms with Crippen molar-refractivity contribution in [3.8, 4) is 11.5 Å². The maximum Gasteiger partial charge on any atom is 0.305 e. The molecule has 0 bridgehead atoms. The minimum absolute atomic E-state index is 0.0362. The topological polar surface area (TPSA) is 606 Å². The monoisotopic (exact) mass is 1500 g/mol. The second-order valence-corrected chi connectivity index (χ2v) is 27.4. The molecule has 0 radical (unpaired) electrons. The van der Waals surface area contributed by atoms with Crippen molar-refractivity contribution in [1.82, 2.24) is 63.8 Å². The third kappa shape index (κ3) is 36.1.